The van der Waals surface area contributed by atoms with Crippen molar-refractivity contribution in [1.29, 1.82) is 0 Å². The Morgan fingerprint density at radius 3 is 2.67 bits per heavy atom. The van der Waals surface area contributed by atoms with Crippen LogP contribution in [0.1, 0.15) is 9.75 Å². The highest BCUT2D eigenvalue weighted by Gasteiger charge is 2.10. The SMILES string of the molecule is CNc1ncnc(NCc2ccc(C)s2)c1OC. The van der Waals surface area contributed by atoms with Crippen molar-refractivity contribution in [3.8, 4) is 5.75 Å². The maximum atomic E-state index is 5.31. The highest BCUT2D eigenvalue weighted by atomic mass is 32.1. The summed E-state index contributed by atoms with van der Waals surface area (Å²) in [4.78, 5) is 10.9. The van der Waals surface area contributed by atoms with E-state index in [4.69, 9.17) is 4.74 Å². The van der Waals surface area contributed by atoms with Crippen molar-refractivity contribution in [3.63, 3.8) is 0 Å². The van der Waals surface area contributed by atoms with E-state index < -0.39 is 0 Å². The number of rotatable bonds is 5. The summed E-state index contributed by atoms with van der Waals surface area (Å²) >= 11 is 1.77. The Hall–Kier alpha value is -1.82. The molecule has 0 aliphatic rings. The molecule has 0 radical (unpaired) electrons. The number of aryl methyl sites for hydroxylation is 1. The highest BCUT2D eigenvalue weighted by Crippen LogP contribution is 2.29. The highest BCUT2D eigenvalue weighted by molar-refractivity contribution is 7.11. The molecule has 2 N–H and O–H groups in total. The predicted molar refractivity (Wildman–Crippen MR) is 74.5 cm³/mol. The Morgan fingerprint density at radius 2 is 2.06 bits per heavy atom. The van der Waals surface area contributed by atoms with Gasteiger partial charge in [0.25, 0.3) is 0 Å². The number of hydrogen-bond donors (Lipinski definition) is 2. The van der Waals surface area contributed by atoms with E-state index >= 15 is 0 Å². The molecule has 0 bridgehead atoms. The van der Waals surface area contributed by atoms with Gasteiger partial charge in [-0.05, 0) is 19.1 Å². The van der Waals surface area contributed by atoms with Crippen LogP contribution in [0.4, 0.5) is 11.6 Å². The van der Waals surface area contributed by atoms with Crippen LogP contribution in [0.15, 0.2) is 18.5 Å². The smallest absolute Gasteiger partial charge is 0.204 e. The van der Waals surface area contributed by atoms with E-state index in [9.17, 15) is 0 Å². The predicted octanol–water partition coefficient (Wildman–Crippen LogP) is 2.51. The zero-order valence-corrected chi connectivity index (χ0v) is 11.5. The first-order valence-electron chi connectivity index (χ1n) is 5.60. The van der Waals surface area contributed by atoms with E-state index in [2.05, 4.69) is 39.7 Å². The Bertz CT molecular complexity index is 527. The first kappa shape index (κ1) is 12.6. The van der Waals surface area contributed by atoms with Crippen molar-refractivity contribution in [2.24, 2.45) is 0 Å². The van der Waals surface area contributed by atoms with Gasteiger partial charge in [0.15, 0.2) is 11.6 Å². The normalized spacial score (nSPS) is 10.2. The lowest BCUT2D eigenvalue weighted by atomic mass is 10.4. The second-order valence-electron chi connectivity index (χ2n) is 3.72. The van der Waals surface area contributed by atoms with Crippen LogP contribution in [-0.4, -0.2) is 24.1 Å². The Balaban J connectivity index is 2.13. The van der Waals surface area contributed by atoms with Crippen LogP contribution in [0.2, 0.25) is 0 Å². The molecular formula is C12H16N4OS. The number of thiophene rings is 1. The van der Waals surface area contributed by atoms with Gasteiger partial charge in [0.2, 0.25) is 5.75 Å². The van der Waals surface area contributed by atoms with E-state index in [1.165, 1.54) is 16.1 Å². The molecule has 2 heterocycles. The van der Waals surface area contributed by atoms with Gasteiger partial charge >= 0.3 is 0 Å². The van der Waals surface area contributed by atoms with E-state index in [1.807, 2.05) is 0 Å². The van der Waals surface area contributed by atoms with E-state index in [1.54, 1.807) is 25.5 Å². The van der Waals surface area contributed by atoms with E-state index in [-0.39, 0.29) is 0 Å². The minimum absolute atomic E-state index is 0.633. The molecule has 0 saturated heterocycles. The maximum absolute atomic E-state index is 5.31. The third-order valence-electron chi connectivity index (χ3n) is 2.47. The van der Waals surface area contributed by atoms with Crippen molar-refractivity contribution in [2.75, 3.05) is 24.8 Å². The third-order valence-corrected chi connectivity index (χ3v) is 3.47. The van der Waals surface area contributed by atoms with Crippen molar-refractivity contribution < 1.29 is 4.74 Å². The van der Waals surface area contributed by atoms with Gasteiger partial charge in [-0.1, -0.05) is 0 Å². The van der Waals surface area contributed by atoms with Crippen LogP contribution < -0.4 is 15.4 Å². The number of ether oxygens (including phenoxy) is 1. The molecule has 0 aromatic carbocycles. The fourth-order valence-corrected chi connectivity index (χ4v) is 2.45. The lowest BCUT2D eigenvalue weighted by molar-refractivity contribution is 0.415. The van der Waals surface area contributed by atoms with Gasteiger partial charge in [0, 0.05) is 16.8 Å². The van der Waals surface area contributed by atoms with Crippen LogP contribution in [0.3, 0.4) is 0 Å². The second-order valence-corrected chi connectivity index (χ2v) is 5.09. The Morgan fingerprint density at radius 1 is 1.28 bits per heavy atom. The molecule has 0 aliphatic heterocycles. The quantitative estimate of drug-likeness (QED) is 0.869. The minimum Gasteiger partial charge on any atom is -0.490 e. The largest absolute Gasteiger partial charge is 0.490 e. The van der Waals surface area contributed by atoms with Gasteiger partial charge in [-0.3, -0.25) is 0 Å². The summed E-state index contributed by atoms with van der Waals surface area (Å²) in [7, 11) is 3.41. The minimum atomic E-state index is 0.633. The van der Waals surface area contributed by atoms with Gasteiger partial charge < -0.3 is 15.4 Å². The summed E-state index contributed by atoms with van der Waals surface area (Å²) in [6, 6.07) is 4.22. The van der Waals surface area contributed by atoms with Crippen LogP contribution in [0, 0.1) is 6.92 Å². The first-order valence-corrected chi connectivity index (χ1v) is 6.42. The zero-order valence-electron chi connectivity index (χ0n) is 10.7. The number of hydrogen-bond acceptors (Lipinski definition) is 6. The monoisotopic (exact) mass is 264 g/mol. The van der Waals surface area contributed by atoms with Gasteiger partial charge in [0.05, 0.1) is 13.7 Å². The van der Waals surface area contributed by atoms with E-state index in [0.29, 0.717) is 17.4 Å². The Kier molecular flexibility index (Phi) is 3.99. The lowest BCUT2D eigenvalue weighted by Crippen LogP contribution is -2.05. The summed E-state index contributed by atoms with van der Waals surface area (Å²) in [5, 5.41) is 6.24. The number of aromatic nitrogens is 2. The molecule has 0 saturated carbocycles. The number of nitrogens with one attached hydrogen (secondary N) is 2. The number of methoxy groups -OCH3 is 1. The van der Waals surface area contributed by atoms with Crippen LogP contribution in [0.25, 0.3) is 0 Å². The van der Waals surface area contributed by atoms with Crippen molar-refractivity contribution >= 4 is 23.0 Å². The number of anilines is 2. The molecule has 0 spiro atoms. The van der Waals surface area contributed by atoms with Crippen molar-refractivity contribution in [2.45, 2.75) is 13.5 Å². The summed E-state index contributed by atoms with van der Waals surface area (Å²) in [5.74, 6) is 2.01. The van der Waals surface area contributed by atoms with Gasteiger partial charge in [-0.25, -0.2) is 9.97 Å². The second kappa shape index (κ2) is 5.68. The summed E-state index contributed by atoms with van der Waals surface area (Å²) in [6.07, 6.45) is 1.51. The molecule has 0 aliphatic carbocycles. The molecular weight excluding hydrogens is 248 g/mol. The standard InChI is InChI=1S/C12H16N4OS/c1-8-4-5-9(18-8)6-14-12-10(17-3)11(13-2)15-7-16-12/h4-5,7H,6H2,1-3H3,(H2,13,14,15,16). The molecule has 6 heteroatoms. The molecule has 0 fully saturated rings. The van der Waals surface area contributed by atoms with Crippen LogP contribution in [-0.2, 0) is 6.54 Å². The van der Waals surface area contributed by atoms with Crippen LogP contribution >= 0.6 is 11.3 Å². The summed E-state index contributed by atoms with van der Waals surface area (Å²) in [6.45, 7) is 2.83. The molecule has 0 amide bonds. The lowest BCUT2D eigenvalue weighted by Gasteiger charge is -2.11. The maximum Gasteiger partial charge on any atom is 0.204 e. The molecule has 96 valence electrons. The number of nitrogens with zero attached hydrogens (tertiary/aromatic N) is 2. The molecule has 18 heavy (non-hydrogen) atoms. The molecule has 2 aromatic rings. The molecule has 2 rings (SSSR count). The fourth-order valence-electron chi connectivity index (χ4n) is 1.62. The van der Waals surface area contributed by atoms with E-state index in [0.717, 1.165) is 6.54 Å². The fraction of sp³-hybridized carbons (Fsp3) is 0.333. The van der Waals surface area contributed by atoms with Crippen LogP contribution in [0.5, 0.6) is 5.75 Å². The topological polar surface area (TPSA) is 59.1 Å². The molecule has 0 atom stereocenters. The zero-order chi connectivity index (χ0) is 13.0. The summed E-state index contributed by atoms with van der Waals surface area (Å²) < 4.78 is 5.31. The molecule has 2 aromatic heterocycles. The average Bonchev–Trinajstić information content (AvgIpc) is 2.81. The molecule has 5 nitrogen and oxygen atoms in total. The average molecular weight is 264 g/mol. The van der Waals surface area contributed by atoms with Crippen molar-refractivity contribution in [1.82, 2.24) is 9.97 Å². The van der Waals surface area contributed by atoms with Gasteiger partial charge in [-0.2, -0.15) is 0 Å². The summed E-state index contributed by atoms with van der Waals surface area (Å²) in [5.41, 5.74) is 0. The first-order chi connectivity index (χ1) is 8.74. The van der Waals surface area contributed by atoms with Crippen molar-refractivity contribution in [3.05, 3.63) is 28.2 Å². The Labute approximate surface area is 110 Å². The van der Waals surface area contributed by atoms with Gasteiger partial charge in [0.1, 0.15) is 6.33 Å². The third kappa shape index (κ3) is 2.70. The van der Waals surface area contributed by atoms with Gasteiger partial charge in [-0.15, -0.1) is 11.3 Å². The molecule has 0 unspecified atom stereocenters.